The average molecular weight is 404 g/mol. The van der Waals surface area contributed by atoms with Crippen molar-refractivity contribution in [2.45, 2.75) is 61.9 Å². The Balaban J connectivity index is 1.37. The lowest BCUT2D eigenvalue weighted by Crippen LogP contribution is -2.15. The van der Waals surface area contributed by atoms with Gasteiger partial charge in [0.2, 0.25) is 0 Å². The Morgan fingerprint density at radius 2 is 1.90 bits per heavy atom. The zero-order valence-corrected chi connectivity index (χ0v) is 17.5. The molecular weight excluding hydrogens is 378 g/mol. The number of aryl methyl sites for hydroxylation is 2. The first-order valence-electron chi connectivity index (χ1n) is 10.5. The van der Waals surface area contributed by atoms with Crippen molar-refractivity contribution in [1.29, 1.82) is 0 Å². The van der Waals surface area contributed by atoms with Crippen LogP contribution in [0.1, 0.15) is 65.0 Å². The van der Waals surface area contributed by atoms with Gasteiger partial charge in [0.25, 0.3) is 0 Å². The molecule has 2 aromatic carbocycles. The molecule has 4 nitrogen and oxygen atoms in total. The molecule has 1 fully saturated rings. The predicted molar refractivity (Wildman–Crippen MR) is 116 cm³/mol. The number of hydrogen-bond donors (Lipinski definition) is 0. The number of thioether (sulfide) groups is 1. The maximum Gasteiger partial charge on any atom is 0.192 e. The van der Waals surface area contributed by atoms with Gasteiger partial charge in [-0.2, -0.15) is 0 Å². The number of benzene rings is 2. The van der Waals surface area contributed by atoms with Crippen LogP contribution in [-0.4, -0.2) is 25.8 Å². The maximum atomic E-state index is 13.1. The molecule has 1 saturated carbocycles. The number of nitrogens with zero attached hydrogens (tertiary/aromatic N) is 3. The molecule has 1 heterocycles. The lowest BCUT2D eigenvalue weighted by atomic mass is 10.0. The average Bonchev–Trinajstić information content (AvgIpc) is 3.35. The van der Waals surface area contributed by atoms with Crippen LogP contribution in [0.5, 0.6) is 0 Å². The molecule has 0 saturated heterocycles. The number of aromatic nitrogens is 3. The van der Waals surface area contributed by atoms with Gasteiger partial charge in [-0.1, -0.05) is 54.2 Å². The molecule has 0 bridgehead atoms. The van der Waals surface area contributed by atoms with Crippen molar-refractivity contribution >= 4 is 17.5 Å². The van der Waals surface area contributed by atoms with Crippen LogP contribution >= 0.6 is 11.8 Å². The summed E-state index contributed by atoms with van der Waals surface area (Å²) in [4.78, 5) is 13.1. The molecule has 0 radical (unpaired) electrons. The van der Waals surface area contributed by atoms with E-state index in [4.69, 9.17) is 0 Å². The van der Waals surface area contributed by atoms with Crippen LogP contribution in [0.15, 0.2) is 53.7 Å². The molecule has 5 rings (SSSR count). The lowest BCUT2D eigenvalue weighted by molar-refractivity contribution is 0.0993. The SMILES string of the molecule is C[C@@H](Sc1nnc(C2CC2)n1Cc1ccccc1)C(=O)c1ccc2c(c1)CCC2. The van der Waals surface area contributed by atoms with Crippen LogP contribution in [0.2, 0.25) is 0 Å². The minimum Gasteiger partial charge on any atom is -0.301 e. The molecule has 0 amide bonds. The van der Waals surface area contributed by atoms with Gasteiger partial charge < -0.3 is 4.57 Å². The minimum absolute atomic E-state index is 0.173. The molecule has 2 aliphatic rings. The van der Waals surface area contributed by atoms with Gasteiger partial charge in [-0.15, -0.1) is 10.2 Å². The third-order valence-corrected chi connectivity index (χ3v) is 6.99. The third-order valence-electron chi connectivity index (χ3n) is 5.91. The second kappa shape index (κ2) is 7.79. The number of Topliss-reactive ketones (excluding diaryl/α,β-unsaturated/α-hetero) is 1. The largest absolute Gasteiger partial charge is 0.301 e. The molecule has 0 N–H and O–H groups in total. The fraction of sp³-hybridized carbons (Fsp3) is 0.375. The Morgan fingerprint density at radius 3 is 2.69 bits per heavy atom. The van der Waals surface area contributed by atoms with E-state index in [1.54, 1.807) is 0 Å². The fourth-order valence-electron chi connectivity index (χ4n) is 4.12. The van der Waals surface area contributed by atoms with Crippen LogP contribution in [-0.2, 0) is 19.4 Å². The van der Waals surface area contributed by atoms with Crippen molar-refractivity contribution in [3.05, 3.63) is 76.6 Å². The van der Waals surface area contributed by atoms with Crippen LogP contribution in [0.3, 0.4) is 0 Å². The van der Waals surface area contributed by atoms with E-state index < -0.39 is 0 Å². The summed E-state index contributed by atoms with van der Waals surface area (Å²) in [5, 5.41) is 9.61. The van der Waals surface area contributed by atoms with Crippen molar-refractivity contribution < 1.29 is 4.79 Å². The molecule has 5 heteroatoms. The van der Waals surface area contributed by atoms with Gasteiger partial charge in [-0.05, 0) is 61.8 Å². The highest BCUT2D eigenvalue weighted by Gasteiger charge is 2.31. The van der Waals surface area contributed by atoms with Crippen molar-refractivity contribution in [3.8, 4) is 0 Å². The smallest absolute Gasteiger partial charge is 0.192 e. The van der Waals surface area contributed by atoms with E-state index in [-0.39, 0.29) is 11.0 Å². The minimum atomic E-state index is -0.194. The van der Waals surface area contributed by atoms with E-state index in [0.29, 0.717) is 5.92 Å². The van der Waals surface area contributed by atoms with Crippen LogP contribution < -0.4 is 0 Å². The van der Waals surface area contributed by atoms with Gasteiger partial charge in [0.1, 0.15) is 5.82 Å². The van der Waals surface area contributed by atoms with Crippen LogP contribution in [0.4, 0.5) is 0 Å². The molecule has 0 unspecified atom stereocenters. The van der Waals surface area contributed by atoms with E-state index in [2.05, 4.69) is 51.2 Å². The van der Waals surface area contributed by atoms with Gasteiger partial charge in [0, 0.05) is 11.5 Å². The van der Waals surface area contributed by atoms with Crippen LogP contribution in [0, 0.1) is 0 Å². The Hall–Kier alpha value is -2.40. The van der Waals surface area contributed by atoms with E-state index >= 15 is 0 Å². The summed E-state index contributed by atoms with van der Waals surface area (Å²) in [7, 11) is 0. The zero-order valence-electron chi connectivity index (χ0n) is 16.7. The molecule has 3 aromatic rings. The molecule has 0 aliphatic heterocycles. The number of carbonyl (C=O) groups excluding carboxylic acids is 1. The summed E-state index contributed by atoms with van der Waals surface area (Å²) in [6.45, 7) is 2.74. The third kappa shape index (κ3) is 3.88. The molecule has 148 valence electrons. The van der Waals surface area contributed by atoms with E-state index in [0.717, 1.165) is 35.9 Å². The summed E-state index contributed by atoms with van der Waals surface area (Å²) in [5.41, 5.74) is 4.80. The highest BCUT2D eigenvalue weighted by Crippen LogP contribution is 2.40. The van der Waals surface area contributed by atoms with Crippen molar-refractivity contribution in [2.75, 3.05) is 0 Å². The molecule has 29 heavy (non-hydrogen) atoms. The molecule has 1 atom stereocenters. The summed E-state index contributed by atoms with van der Waals surface area (Å²) in [6.07, 6.45) is 5.79. The first-order chi connectivity index (χ1) is 14.2. The first kappa shape index (κ1) is 18.6. The Kier molecular flexibility index (Phi) is 5.00. The van der Waals surface area contributed by atoms with E-state index in [1.807, 2.05) is 19.1 Å². The fourth-order valence-corrected chi connectivity index (χ4v) is 5.05. The number of carbonyl (C=O) groups is 1. The molecule has 1 aromatic heterocycles. The van der Waals surface area contributed by atoms with E-state index in [1.165, 1.54) is 47.7 Å². The van der Waals surface area contributed by atoms with Crippen LogP contribution in [0.25, 0.3) is 0 Å². The summed E-state index contributed by atoms with van der Waals surface area (Å²) in [5.74, 6) is 1.75. The van der Waals surface area contributed by atoms with Crippen molar-refractivity contribution in [2.24, 2.45) is 0 Å². The predicted octanol–water partition coefficient (Wildman–Crippen LogP) is 5.06. The molecular formula is C24H25N3OS. The second-order valence-corrected chi connectivity index (χ2v) is 9.46. The summed E-state index contributed by atoms with van der Waals surface area (Å²) < 4.78 is 2.21. The summed E-state index contributed by atoms with van der Waals surface area (Å²) >= 11 is 1.53. The summed E-state index contributed by atoms with van der Waals surface area (Å²) in [6, 6.07) is 16.6. The number of rotatable bonds is 7. The zero-order chi connectivity index (χ0) is 19.8. The maximum absolute atomic E-state index is 13.1. The first-order valence-corrected chi connectivity index (χ1v) is 11.4. The van der Waals surface area contributed by atoms with Gasteiger partial charge in [0.05, 0.1) is 11.8 Å². The standard InChI is InChI=1S/C24H25N3OS/c1-16(22(28)21-13-10-18-8-5-9-20(18)14-21)29-24-26-25-23(19-11-12-19)27(24)15-17-6-3-2-4-7-17/h2-4,6-7,10,13-14,16,19H,5,8-9,11-12,15H2,1H3/t16-/m1/s1. The number of ketones is 1. The second-order valence-electron chi connectivity index (χ2n) is 8.15. The van der Waals surface area contributed by atoms with Crippen molar-refractivity contribution in [3.63, 3.8) is 0 Å². The Morgan fingerprint density at radius 1 is 1.10 bits per heavy atom. The Labute approximate surface area is 175 Å². The Bertz CT molecular complexity index is 1040. The highest BCUT2D eigenvalue weighted by molar-refractivity contribution is 8.00. The van der Waals surface area contributed by atoms with Crippen molar-refractivity contribution in [1.82, 2.24) is 14.8 Å². The number of hydrogen-bond acceptors (Lipinski definition) is 4. The normalized spacial score (nSPS) is 16.6. The monoisotopic (exact) mass is 403 g/mol. The van der Waals surface area contributed by atoms with Gasteiger partial charge in [-0.25, -0.2) is 0 Å². The highest BCUT2D eigenvalue weighted by atomic mass is 32.2. The number of fused-ring (bicyclic) bond motifs is 1. The molecule has 0 spiro atoms. The lowest BCUT2D eigenvalue weighted by Gasteiger charge is -2.14. The van der Waals surface area contributed by atoms with Gasteiger partial charge in [0.15, 0.2) is 10.9 Å². The van der Waals surface area contributed by atoms with E-state index in [9.17, 15) is 4.79 Å². The van der Waals surface area contributed by atoms with Gasteiger partial charge in [-0.3, -0.25) is 4.79 Å². The quantitative estimate of drug-likeness (QED) is 0.409. The topological polar surface area (TPSA) is 47.8 Å². The van der Waals surface area contributed by atoms with Gasteiger partial charge >= 0.3 is 0 Å². The molecule has 2 aliphatic carbocycles.